The lowest BCUT2D eigenvalue weighted by atomic mass is 9.49. The molecule has 272 valence electrons. The van der Waals surface area contributed by atoms with Gasteiger partial charge in [0.25, 0.3) is 0 Å². The number of hydrogen-bond acceptors (Lipinski definition) is 10. The molecule has 0 rings (SSSR count). The summed E-state index contributed by atoms with van der Waals surface area (Å²) in [5.41, 5.74) is -4.55. The molecule has 46 heavy (non-hydrogen) atoms. The third-order valence-corrected chi connectivity index (χ3v) is 11.4. The van der Waals surface area contributed by atoms with Crippen LogP contribution in [-0.2, 0) is 19.2 Å². The molecule has 0 bridgehead atoms. The van der Waals surface area contributed by atoms with Crippen LogP contribution in [0.3, 0.4) is 0 Å². The van der Waals surface area contributed by atoms with E-state index in [2.05, 4.69) is 63.7 Å². The summed E-state index contributed by atoms with van der Waals surface area (Å²) in [7, 11) is 0. The summed E-state index contributed by atoms with van der Waals surface area (Å²) >= 11 is 12.5. The number of alkyl halides is 4. The highest BCUT2D eigenvalue weighted by molar-refractivity contribution is 9.10. The fourth-order valence-electron chi connectivity index (χ4n) is 5.17. The molecule has 0 aliphatic heterocycles. The molecule has 0 aromatic carbocycles. The van der Waals surface area contributed by atoms with Crippen LogP contribution in [0.5, 0.6) is 0 Å². The Kier molecular flexibility index (Phi) is 19.2. The quantitative estimate of drug-likeness (QED) is 0.0742. The lowest BCUT2D eigenvalue weighted by molar-refractivity contribution is -0.164. The third kappa shape index (κ3) is 11.9. The minimum absolute atomic E-state index is 0.156. The van der Waals surface area contributed by atoms with Crippen LogP contribution in [-0.4, -0.2) is 132 Å². The van der Waals surface area contributed by atoms with Gasteiger partial charge in [0.15, 0.2) is 0 Å². The normalized spacial score (nSPS) is 19.5. The van der Waals surface area contributed by atoms with Gasteiger partial charge in [-0.25, -0.2) is 0 Å². The maximum atomic E-state index is 12.2. The Morgan fingerprint density at radius 3 is 0.935 bits per heavy atom. The second-order valence-electron chi connectivity index (χ2n) is 12.7. The van der Waals surface area contributed by atoms with E-state index >= 15 is 0 Å². The van der Waals surface area contributed by atoms with Gasteiger partial charge in [-0.1, -0.05) is 70.6 Å². The number of carbonyl (C=O) groups is 4. The first-order valence-electron chi connectivity index (χ1n) is 14.0. The van der Waals surface area contributed by atoms with Crippen molar-refractivity contribution in [2.45, 2.75) is 84.0 Å². The first kappa shape index (κ1) is 47.7. The van der Waals surface area contributed by atoms with Crippen molar-refractivity contribution in [2.24, 2.45) is 22.2 Å². The largest absolute Gasteiger partial charge is 0.480 e. The van der Waals surface area contributed by atoms with E-state index in [4.69, 9.17) is 15.3 Å². The number of halogens is 4. The number of hydrogen-bond donors (Lipinski definition) is 10. The molecular weight excluding hydrogens is 880 g/mol. The van der Waals surface area contributed by atoms with Crippen molar-refractivity contribution in [1.82, 2.24) is 0 Å². The maximum Gasteiger partial charge on any atom is 0.320 e. The molecule has 0 fully saturated rings. The predicted octanol–water partition coefficient (Wildman–Crippen LogP) is 2.43. The molecule has 0 amide bonds. The Bertz CT molecular complexity index is 942. The van der Waals surface area contributed by atoms with Gasteiger partial charge in [0.05, 0.1) is 39.6 Å². The highest BCUT2D eigenvalue weighted by Gasteiger charge is 2.62. The lowest BCUT2D eigenvalue weighted by Gasteiger charge is -2.57. The van der Waals surface area contributed by atoms with E-state index in [0.29, 0.717) is 6.42 Å². The number of carboxylic acid groups (broad SMARTS) is 4. The van der Waals surface area contributed by atoms with Crippen molar-refractivity contribution in [3.05, 3.63) is 0 Å². The summed E-state index contributed by atoms with van der Waals surface area (Å²) in [4.78, 5) is 48.7. The standard InChI is InChI=1S/C22H34Br4O11.C6H14O3/c1-17(23,13(30)31)5-12(6-18(2,24)14(32)33)22(7-19(3,25)15(34)35,8-20(4,26)16(36)37)21(9-27,10-28)11-29;1-2-6(3-7,4-8)5-9/h12,27-29H,5-11H2,1-4H3,(H,30,31)(H,32,33)(H,34,35)(H,36,37);7-9H,2-5H2,1H3. The molecule has 0 aliphatic rings. The molecule has 0 heterocycles. The summed E-state index contributed by atoms with van der Waals surface area (Å²) in [6, 6.07) is 0. The van der Waals surface area contributed by atoms with Crippen molar-refractivity contribution in [2.75, 3.05) is 39.6 Å². The predicted molar refractivity (Wildman–Crippen MR) is 182 cm³/mol. The Morgan fingerprint density at radius 2 is 0.783 bits per heavy atom. The van der Waals surface area contributed by atoms with Crippen LogP contribution in [0, 0.1) is 22.2 Å². The highest BCUT2D eigenvalue weighted by Crippen LogP contribution is 2.61. The van der Waals surface area contributed by atoms with Gasteiger partial charge in [-0.15, -0.1) is 0 Å². The van der Waals surface area contributed by atoms with Crippen LogP contribution in [0.25, 0.3) is 0 Å². The summed E-state index contributed by atoms with van der Waals surface area (Å²) in [5, 5.41) is 97.2. The van der Waals surface area contributed by atoms with Gasteiger partial charge in [-0.05, 0) is 71.1 Å². The SMILES string of the molecule is CC(Br)(CC(CC(C)(Br)C(=O)O)C(CC(C)(Br)C(=O)O)(CC(C)(Br)C(=O)O)C(CO)(CO)CO)C(=O)O.CCC(CO)(CO)CO. The number of carboxylic acids is 4. The summed E-state index contributed by atoms with van der Waals surface area (Å²) in [6.07, 6.45) is -1.28. The molecule has 14 nitrogen and oxygen atoms in total. The first-order chi connectivity index (χ1) is 20.7. The molecule has 0 saturated carbocycles. The van der Waals surface area contributed by atoms with Crippen LogP contribution < -0.4 is 0 Å². The van der Waals surface area contributed by atoms with E-state index in [1.165, 1.54) is 27.7 Å². The number of rotatable bonds is 21. The minimum atomic E-state index is -1.99. The molecule has 18 heteroatoms. The zero-order valence-corrected chi connectivity index (χ0v) is 32.8. The molecule has 0 spiro atoms. The Morgan fingerprint density at radius 1 is 0.522 bits per heavy atom. The molecule has 4 atom stereocenters. The van der Waals surface area contributed by atoms with Gasteiger partial charge in [-0.3, -0.25) is 19.2 Å². The fraction of sp³-hybridized carbons (Fsp3) is 0.857. The zero-order valence-electron chi connectivity index (χ0n) is 26.5. The Hall–Kier alpha value is -0.440. The van der Waals surface area contributed by atoms with E-state index in [1.54, 1.807) is 0 Å². The van der Waals surface area contributed by atoms with E-state index in [1.807, 2.05) is 6.92 Å². The smallest absolute Gasteiger partial charge is 0.320 e. The van der Waals surface area contributed by atoms with Crippen LogP contribution in [0.15, 0.2) is 0 Å². The summed E-state index contributed by atoms with van der Waals surface area (Å²) in [5.74, 6) is -6.71. The molecular formula is C28H48Br4O14. The highest BCUT2D eigenvalue weighted by atomic mass is 79.9. The van der Waals surface area contributed by atoms with Gasteiger partial charge < -0.3 is 51.1 Å². The van der Waals surface area contributed by atoms with Crippen LogP contribution in [0.1, 0.15) is 66.7 Å². The van der Waals surface area contributed by atoms with Gasteiger partial charge >= 0.3 is 23.9 Å². The van der Waals surface area contributed by atoms with Gasteiger partial charge in [0.1, 0.15) is 17.3 Å². The molecule has 0 aromatic heterocycles. The average molecular weight is 928 g/mol. The first-order valence-corrected chi connectivity index (χ1v) is 17.2. The van der Waals surface area contributed by atoms with E-state index < -0.39 is 109 Å². The Labute approximate surface area is 302 Å². The molecule has 0 aromatic rings. The number of aliphatic hydroxyl groups excluding tert-OH is 6. The average Bonchev–Trinajstić information content (AvgIpc) is 2.94. The van der Waals surface area contributed by atoms with Crippen molar-refractivity contribution in [3.63, 3.8) is 0 Å². The topological polar surface area (TPSA) is 271 Å². The summed E-state index contributed by atoms with van der Waals surface area (Å²) in [6.45, 7) is 3.55. The van der Waals surface area contributed by atoms with Crippen molar-refractivity contribution in [1.29, 1.82) is 0 Å². The molecule has 0 aliphatic carbocycles. The van der Waals surface area contributed by atoms with Gasteiger partial charge in [0.2, 0.25) is 0 Å². The van der Waals surface area contributed by atoms with Gasteiger partial charge in [-0.2, -0.15) is 0 Å². The zero-order chi connectivity index (χ0) is 37.2. The van der Waals surface area contributed by atoms with E-state index in [9.17, 15) is 54.9 Å². The van der Waals surface area contributed by atoms with Crippen molar-refractivity contribution < 1.29 is 70.2 Å². The second-order valence-corrected chi connectivity index (χ2v) is 19.7. The van der Waals surface area contributed by atoms with E-state index in [-0.39, 0.29) is 19.8 Å². The Balaban J connectivity index is 0. The third-order valence-electron chi connectivity index (χ3n) is 8.84. The second kappa shape index (κ2) is 18.5. The maximum absolute atomic E-state index is 12.2. The lowest BCUT2D eigenvalue weighted by Crippen LogP contribution is -2.61. The number of aliphatic carboxylic acids is 4. The van der Waals surface area contributed by atoms with E-state index in [0.717, 1.165) is 0 Å². The fourth-order valence-corrected chi connectivity index (χ4v) is 6.95. The summed E-state index contributed by atoms with van der Waals surface area (Å²) < 4.78 is -7.13. The minimum Gasteiger partial charge on any atom is -0.480 e. The van der Waals surface area contributed by atoms with Gasteiger partial charge in [0, 0.05) is 10.8 Å². The molecule has 0 radical (unpaired) electrons. The number of aliphatic hydroxyl groups is 6. The van der Waals surface area contributed by atoms with Crippen molar-refractivity contribution in [3.8, 4) is 0 Å². The van der Waals surface area contributed by atoms with Crippen LogP contribution in [0.2, 0.25) is 0 Å². The molecule has 0 saturated heterocycles. The van der Waals surface area contributed by atoms with Crippen LogP contribution >= 0.6 is 63.7 Å². The monoisotopic (exact) mass is 924 g/mol. The van der Waals surface area contributed by atoms with Crippen LogP contribution in [0.4, 0.5) is 0 Å². The van der Waals surface area contributed by atoms with Crippen molar-refractivity contribution >= 4 is 87.6 Å². The molecule has 10 N–H and O–H groups in total. The molecule has 4 unspecified atom stereocenters.